The normalized spacial score (nSPS) is 24.1. The number of nitrogens with zero attached hydrogens (tertiary/aromatic N) is 4. The predicted molar refractivity (Wildman–Crippen MR) is 136 cm³/mol. The van der Waals surface area contributed by atoms with Gasteiger partial charge < -0.3 is 14.8 Å². The topological polar surface area (TPSA) is 65.4 Å². The third-order valence-corrected chi connectivity index (χ3v) is 8.39. The molecule has 34 heavy (non-hydrogen) atoms. The fraction of sp³-hybridized carbons (Fsp3) is 0.385. The van der Waals surface area contributed by atoms with E-state index < -0.39 is 0 Å². The first kappa shape index (κ1) is 21.7. The van der Waals surface area contributed by atoms with Crippen LogP contribution in [-0.4, -0.2) is 64.9 Å². The lowest BCUT2D eigenvalue weighted by molar-refractivity contribution is -0.122. The van der Waals surface area contributed by atoms with Gasteiger partial charge in [-0.05, 0) is 35.4 Å². The van der Waals surface area contributed by atoms with Crippen LogP contribution in [0.5, 0.6) is 0 Å². The summed E-state index contributed by atoms with van der Waals surface area (Å²) < 4.78 is 2.39. The third-order valence-electron chi connectivity index (χ3n) is 7.13. The molecule has 3 aliphatic rings. The smallest absolute Gasteiger partial charge is 0.238 e. The van der Waals surface area contributed by atoms with Crippen molar-refractivity contribution in [3.63, 3.8) is 0 Å². The monoisotopic (exact) mass is 474 g/mol. The highest BCUT2D eigenvalue weighted by Gasteiger charge is 2.34. The van der Waals surface area contributed by atoms with E-state index in [2.05, 4.69) is 78.6 Å². The molecule has 0 aliphatic carbocycles. The summed E-state index contributed by atoms with van der Waals surface area (Å²) in [5.74, 6) is 0.873. The van der Waals surface area contributed by atoms with Crippen LogP contribution in [0.4, 0.5) is 5.69 Å². The van der Waals surface area contributed by atoms with Crippen molar-refractivity contribution in [1.29, 1.82) is 0 Å². The number of para-hydroxylation sites is 1. The van der Waals surface area contributed by atoms with E-state index in [0.29, 0.717) is 12.6 Å². The molecule has 3 aliphatic heterocycles. The maximum atomic E-state index is 12.8. The fourth-order valence-electron chi connectivity index (χ4n) is 5.37. The van der Waals surface area contributed by atoms with Crippen LogP contribution in [0.1, 0.15) is 28.2 Å². The molecule has 3 aromatic rings. The SMILES string of the molecule is O=C(NCCN1CCN2c3ccccc3Cn3cccc3[C@H]2C1)[C@@H]1CSC(c2cccnc2)N1. The number of thioether (sulfide) groups is 1. The maximum absolute atomic E-state index is 12.8. The molecular formula is C26H30N6OS. The van der Waals surface area contributed by atoms with Crippen LogP contribution in [0.3, 0.4) is 0 Å². The van der Waals surface area contributed by atoms with Crippen molar-refractivity contribution < 1.29 is 4.79 Å². The Balaban J connectivity index is 1.05. The van der Waals surface area contributed by atoms with E-state index in [1.807, 2.05) is 12.3 Å². The molecule has 2 N–H and O–H groups in total. The first-order chi connectivity index (χ1) is 16.8. The number of anilines is 1. The summed E-state index contributed by atoms with van der Waals surface area (Å²) in [7, 11) is 0. The number of hydrogen-bond acceptors (Lipinski definition) is 6. The summed E-state index contributed by atoms with van der Waals surface area (Å²) in [5.41, 5.74) is 5.24. The Bertz CT molecular complexity index is 1150. The summed E-state index contributed by atoms with van der Waals surface area (Å²) >= 11 is 1.77. The lowest BCUT2D eigenvalue weighted by atomic mass is 10.1. The van der Waals surface area contributed by atoms with Crippen LogP contribution in [0, 0.1) is 0 Å². The van der Waals surface area contributed by atoms with Crippen LogP contribution < -0.4 is 15.5 Å². The van der Waals surface area contributed by atoms with Gasteiger partial charge >= 0.3 is 0 Å². The molecular weight excluding hydrogens is 444 g/mol. The van der Waals surface area contributed by atoms with Crippen LogP contribution in [0.2, 0.25) is 0 Å². The zero-order valence-corrected chi connectivity index (χ0v) is 20.0. The lowest BCUT2D eigenvalue weighted by Crippen LogP contribution is -2.51. The van der Waals surface area contributed by atoms with Gasteiger partial charge in [-0.2, -0.15) is 0 Å². The molecule has 0 radical (unpaired) electrons. The number of carbonyl (C=O) groups excluding carboxylic acids is 1. The number of aromatic nitrogens is 2. The third kappa shape index (κ3) is 4.21. The minimum absolute atomic E-state index is 0.0924. The maximum Gasteiger partial charge on any atom is 0.238 e. The molecule has 176 valence electrons. The molecule has 7 nitrogen and oxygen atoms in total. The number of hydrogen-bond donors (Lipinski definition) is 2. The molecule has 1 unspecified atom stereocenters. The van der Waals surface area contributed by atoms with Crippen molar-refractivity contribution >= 4 is 23.4 Å². The number of amides is 1. The second kappa shape index (κ2) is 9.44. The first-order valence-electron chi connectivity index (χ1n) is 12.0. The zero-order chi connectivity index (χ0) is 22.9. The second-order valence-electron chi connectivity index (χ2n) is 9.21. The van der Waals surface area contributed by atoms with Gasteiger partial charge in [0.05, 0.1) is 17.5 Å². The molecule has 1 aromatic carbocycles. The Morgan fingerprint density at radius 1 is 1.15 bits per heavy atom. The molecule has 0 bridgehead atoms. The average molecular weight is 475 g/mol. The molecule has 1 amide bonds. The van der Waals surface area contributed by atoms with Gasteiger partial charge in [-0.3, -0.25) is 20.0 Å². The van der Waals surface area contributed by atoms with E-state index >= 15 is 0 Å². The van der Waals surface area contributed by atoms with Gasteiger partial charge in [0.15, 0.2) is 0 Å². The van der Waals surface area contributed by atoms with E-state index in [4.69, 9.17) is 0 Å². The summed E-state index contributed by atoms with van der Waals surface area (Å²) in [6.07, 6.45) is 5.84. The molecule has 6 rings (SSSR count). The number of benzene rings is 1. The summed E-state index contributed by atoms with van der Waals surface area (Å²) in [6, 6.07) is 17.4. The highest BCUT2D eigenvalue weighted by atomic mass is 32.2. The lowest BCUT2D eigenvalue weighted by Gasteiger charge is -2.42. The molecule has 0 saturated carbocycles. The van der Waals surface area contributed by atoms with E-state index in [9.17, 15) is 4.79 Å². The quantitative estimate of drug-likeness (QED) is 0.593. The van der Waals surface area contributed by atoms with Gasteiger partial charge in [-0.1, -0.05) is 24.3 Å². The Hall–Kier alpha value is -2.81. The van der Waals surface area contributed by atoms with Gasteiger partial charge in [-0.15, -0.1) is 11.8 Å². The standard InChI is InChI=1S/C26H30N6OS/c33-25(21-18-34-26(29-21)19-6-3-9-27-15-19)28-10-12-30-13-14-32-22-7-2-1-5-20(22)16-31-11-4-8-23(31)24(32)17-30/h1-9,11,15,21,24,26,29H,10,12-14,16-18H2,(H,28,33)/t21-,24+,26?/m0/s1. The van der Waals surface area contributed by atoms with Crippen LogP contribution in [-0.2, 0) is 11.3 Å². The van der Waals surface area contributed by atoms with Crippen molar-refractivity contribution in [1.82, 2.24) is 25.1 Å². The Morgan fingerprint density at radius 3 is 3.00 bits per heavy atom. The highest BCUT2D eigenvalue weighted by molar-refractivity contribution is 7.99. The molecule has 2 saturated heterocycles. The van der Waals surface area contributed by atoms with E-state index in [1.165, 1.54) is 16.9 Å². The van der Waals surface area contributed by atoms with Gasteiger partial charge in [-0.25, -0.2) is 0 Å². The second-order valence-corrected chi connectivity index (χ2v) is 10.3. The fourth-order valence-corrected chi connectivity index (χ4v) is 6.60. The van der Waals surface area contributed by atoms with Crippen molar-refractivity contribution in [2.24, 2.45) is 0 Å². The van der Waals surface area contributed by atoms with Gasteiger partial charge in [0.1, 0.15) is 0 Å². The number of rotatable bonds is 5. The summed E-state index contributed by atoms with van der Waals surface area (Å²) in [6.45, 7) is 5.42. The number of nitrogens with one attached hydrogen (secondary N) is 2. The largest absolute Gasteiger partial charge is 0.360 e. The van der Waals surface area contributed by atoms with E-state index in [1.54, 1.807) is 18.0 Å². The van der Waals surface area contributed by atoms with Gasteiger partial charge in [0.25, 0.3) is 0 Å². The Kier molecular flexibility index (Phi) is 6.03. The molecule has 0 spiro atoms. The van der Waals surface area contributed by atoms with E-state index in [-0.39, 0.29) is 17.3 Å². The van der Waals surface area contributed by atoms with Crippen LogP contribution >= 0.6 is 11.8 Å². The number of carbonyl (C=O) groups is 1. The number of piperazine rings is 1. The number of pyridine rings is 1. The zero-order valence-electron chi connectivity index (χ0n) is 19.1. The van der Waals surface area contributed by atoms with Gasteiger partial charge in [0, 0.05) is 75.0 Å². The molecule has 3 atom stereocenters. The van der Waals surface area contributed by atoms with Crippen molar-refractivity contribution in [3.8, 4) is 0 Å². The molecule has 5 heterocycles. The van der Waals surface area contributed by atoms with Crippen molar-refractivity contribution in [3.05, 3.63) is 83.9 Å². The minimum Gasteiger partial charge on any atom is -0.360 e. The predicted octanol–water partition coefficient (Wildman–Crippen LogP) is 2.63. The van der Waals surface area contributed by atoms with Crippen LogP contribution in [0.15, 0.2) is 67.1 Å². The Morgan fingerprint density at radius 2 is 2.09 bits per heavy atom. The van der Waals surface area contributed by atoms with Crippen molar-refractivity contribution in [2.45, 2.75) is 24.0 Å². The molecule has 2 aromatic heterocycles. The number of fused-ring (bicyclic) bond motifs is 5. The van der Waals surface area contributed by atoms with Crippen molar-refractivity contribution in [2.75, 3.05) is 43.4 Å². The minimum atomic E-state index is -0.159. The first-order valence-corrected chi connectivity index (χ1v) is 13.1. The van der Waals surface area contributed by atoms with E-state index in [0.717, 1.165) is 44.0 Å². The highest BCUT2D eigenvalue weighted by Crippen LogP contribution is 2.37. The molecule has 8 heteroatoms. The Labute approximate surface area is 204 Å². The van der Waals surface area contributed by atoms with Gasteiger partial charge in [0.2, 0.25) is 5.91 Å². The summed E-state index contributed by atoms with van der Waals surface area (Å²) in [4.78, 5) is 22.0. The molecule has 2 fully saturated rings. The average Bonchev–Trinajstić information content (AvgIpc) is 3.53. The van der Waals surface area contributed by atoms with Crippen LogP contribution in [0.25, 0.3) is 0 Å². The summed E-state index contributed by atoms with van der Waals surface area (Å²) in [5, 5.41) is 6.74.